The lowest BCUT2D eigenvalue weighted by Crippen LogP contribution is -2.50. The van der Waals surface area contributed by atoms with Gasteiger partial charge in [-0.25, -0.2) is 9.59 Å². The summed E-state index contributed by atoms with van der Waals surface area (Å²) in [6.45, 7) is 4.36. The summed E-state index contributed by atoms with van der Waals surface area (Å²) in [7, 11) is 0. The molecular formula is C21H26BCl2NO7. The van der Waals surface area contributed by atoms with Gasteiger partial charge in [-0.3, -0.25) is 9.59 Å². The molecule has 3 atom stereocenters. The number of benzene rings is 1. The molecule has 11 heteroatoms. The molecule has 1 amide bonds. The van der Waals surface area contributed by atoms with Crippen LogP contribution in [0.5, 0.6) is 0 Å². The Morgan fingerprint density at radius 3 is 2.28 bits per heavy atom. The van der Waals surface area contributed by atoms with E-state index in [0.29, 0.717) is 11.4 Å². The lowest BCUT2D eigenvalue weighted by molar-refractivity contribution is -0.154. The normalized spacial score (nSPS) is 23.0. The molecule has 0 bridgehead atoms. The van der Waals surface area contributed by atoms with Gasteiger partial charge < -0.3 is 18.9 Å². The van der Waals surface area contributed by atoms with Gasteiger partial charge in [0.2, 0.25) is 12.2 Å². The zero-order chi connectivity index (χ0) is 23.8. The number of fused-ring (bicyclic) bond motifs is 1. The molecule has 0 spiro atoms. The average Bonchev–Trinajstić information content (AvgIpc) is 3.11. The highest BCUT2D eigenvalue weighted by Crippen LogP contribution is 2.49. The molecule has 0 aromatic heterocycles. The van der Waals surface area contributed by atoms with Crippen LogP contribution >= 0.6 is 23.2 Å². The molecule has 2 heterocycles. The summed E-state index contributed by atoms with van der Waals surface area (Å²) in [4.78, 5) is 49.9. The van der Waals surface area contributed by atoms with Crippen molar-refractivity contribution in [1.29, 1.82) is 0 Å². The van der Waals surface area contributed by atoms with Crippen LogP contribution in [0.25, 0.3) is 0 Å². The van der Waals surface area contributed by atoms with Crippen molar-refractivity contribution in [2.24, 2.45) is 5.92 Å². The standard InChI is InChI=1S/C21H26BCl2NO7/c1-11(2)7-14(22-30-20(28)12(3)32(22)13(4)21(29)31-22)8-16(26)10-25-19(27)17-9-15(23)5-6-18(17)24/h5-6,9,11-14H,7-8,10H2,1-4H3,(H,25,27)/t12-,13-,14-/m1/s1. The molecule has 8 nitrogen and oxygen atoms in total. The summed E-state index contributed by atoms with van der Waals surface area (Å²) in [6.07, 6.45) is -1.04. The Morgan fingerprint density at radius 1 is 1.12 bits per heavy atom. The van der Waals surface area contributed by atoms with Crippen LogP contribution in [0.1, 0.15) is 50.9 Å². The molecule has 3 rings (SSSR count). The van der Waals surface area contributed by atoms with Crippen molar-refractivity contribution >= 4 is 53.6 Å². The molecular weight excluding hydrogens is 460 g/mol. The maximum Gasteiger partial charge on any atom is 0.688 e. The second-order valence-electron chi connectivity index (χ2n) is 8.70. The van der Waals surface area contributed by atoms with Gasteiger partial charge in [-0.1, -0.05) is 43.5 Å². The molecule has 0 unspecified atom stereocenters. The van der Waals surface area contributed by atoms with Crippen LogP contribution in [0.15, 0.2) is 18.2 Å². The fraction of sp³-hybridized carbons (Fsp3) is 0.524. The zero-order valence-corrected chi connectivity index (χ0v) is 19.9. The number of amides is 1. The fourth-order valence-corrected chi connectivity index (χ4v) is 4.85. The molecule has 2 saturated heterocycles. The van der Waals surface area contributed by atoms with Gasteiger partial charge in [0.05, 0.1) is 17.1 Å². The van der Waals surface area contributed by atoms with E-state index in [0.717, 1.165) is 0 Å². The van der Waals surface area contributed by atoms with Crippen molar-refractivity contribution in [3.8, 4) is 0 Å². The number of rotatable bonds is 8. The van der Waals surface area contributed by atoms with Gasteiger partial charge in [0.1, 0.15) is 5.78 Å². The van der Waals surface area contributed by atoms with Gasteiger partial charge in [-0.05, 0) is 30.5 Å². The Labute approximate surface area is 196 Å². The molecule has 174 valence electrons. The van der Waals surface area contributed by atoms with Crippen LogP contribution in [-0.4, -0.2) is 49.1 Å². The van der Waals surface area contributed by atoms with Gasteiger partial charge in [-0.15, -0.1) is 0 Å². The van der Waals surface area contributed by atoms with Crippen LogP contribution in [0, 0.1) is 5.92 Å². The van der Waals surface area contributed by atoms with Gasteiger partial charge in [-0.2, -0.15) is 0 Å². The second kappa shape index (κ2) is 9.41. The van der Waals surface area contributed by atoms with Crippen LogP contribution in [0.2, 0.25) is 15.9 Å². The first kappa shape index (κ1) is 24.5. The summed E-state index contributed by atoms with van der Waals surface area (Å²) in [5, 5.41) is 3.10. The van der Waals surface area contributed by atoms with E-state index in [1.807, 2.05) is 13.8 Å². The number of hydrogen-bond acceptors (Lipinski definition) is 6. The quantitative estimate of drug-likeness (QED) is 0.446. The smallest absolute Gasteiger partial charge is 0.579 e. The maximum atomic E-state index is 12.8. The molecule has 0 saturated carbocycles. The van der Waals surface area contributed by atoms with Crippen LogP contribution in [-0.2, 0) is 28.0 Å². The second-order valence-corrected chi connectivity index (χ2v) is 9.55. The topological polar surface area (TPSA) is 101 Å². The zero-order valence-electron chi connectivity index (χ0n) is 18.4. The van der Waals surface area contributed by atoms with E-state index in [2.05, 4.69) is 9.60 Å². The highest BCUT2D eigenvalue weighted by molar-refractivity contribution is 6.70. The lowest BCUT2D eigenvalue weighted by atomic mass is 9.58. The number of carbonyl (C=O) groups excluding carboxylic acids is 4. The van der Waals surface area contributed by atoms with E-state index in [1.165, 1.54) is 12.1 Å². The largest absolute Gasteiger partial charge is 0.688 e. The molecule has 1 aromatic carbocycles. The van der Waals surface area contributed by atoms with E-state index >= 15 is 0 Å². The Balaban J connectivity index is 1.75. The van der Waals surface area contributed by atoms with Crippen molar-refractivity contribution in [3.63, 3.8) is 0 Å². The predicted molar refractivity (Wildman–Crippen MR) is 120 cm³/mol. The van der Waals surface area contributed by atoms with Gasteiger partial charge in [0.25, 0.3) is 5.91 Å². The Kier molecular flexibility index (Phi) is 7.22. The number of hydrogen-bond donors (Lipinski definition) is 1. The molecule has 2 aliphatic heterocycles. The highest BCUT2D eigenvalue weighted by Gasteiger charge is 2.71. The van der Waals surface area contributed by atoms with E-state index in [-0.39, 0.29) is 35.3 Å². The van der Waals surface area contributed by atoms with E-state index < -0.39 is 42.6 Å². The molecule has 0 radical (unpaired) electrons. The Bertz CT molecular complexity index is 930. The Morgan fingerprint density at radius 2 is 1.72 bits per heavy atom. The molecule has 1 N–H and O–H groups in total. The first-order valence-corrected chi connectivity index (χ1v) is 11.3. The number of carbonyl (C=O) groups is 4. The summed E-state index contributed by atoms with van der Waals surface area (Å²) in [5.41, 5.74) is 0.160. The van der Waals surface area contributed by atoms with E-state index in [1.54, 1.807) is 19.9 Å². The fourth-order valence-electron chi connectivity index (χ4n) is 4.47. The first-order chi connectivity index (χ1) is 15.0. The third-order valence-electron chi connectivity index (χ3n) is 5.88. The van der Waals surface area contributed by atoms with Crippen molar-refractivity contribution in [1.82, 2.24) is 5.32 Å². The third-order valence-corrected chi connectivity index (χ3v) is 6.45. The van der Waals surface area contributed by atoms with Crippen LogP contribution in [0.3, 0.4) is 0 Å². The summed E-state index contributed by atoms with van der Waals surface area (Å²) in [5.74, 6) is -2.30. The molecule has 2 fully saturated rings. The number of halogens is 2. The summed E-state index contributed by atoms with van der Waals surface area (Å²) >= 11 is 12.0. The van der Waals surface area contributed by atoms with Crippen molar-refractivity contribution in [2.75, 3.05) is 6.54 Å². The van der Waals surface area contributed by atoms with Gasteiger partial charge in [0.15, 0.2) is 0 Å². The van der Waals surface area contributed by atoms with Crippen LogP contribution in [0.4, 0.5) is 0 Å². The van der Waals surface area contributed by atoms with E-state index in [9.17, 15) is 19.2 Å². The van der Waals surface area contributed by atoms with Gasteiger partial charge >= 0.3 is 18.7 Å². The van der Waals surface area contributed by atoms with Crippen molar-refractivity contribution in [2.45, 2.75) is 58.6 Å². The Hall–Kier alpha value is -2.10. The maximum absolute atomic E-state index is 12.8. The summed E-state index contributed by atoms with van der Waals surface area (Å²) < 4.78 is 13.9. The summed E-state index contributed by atoms with van der Waals surface area (Å²) in [6, 6.07) is 4.47. The first-order valence-electron chi connectivity index (χ1n) is 10.5. The monoisotopic (exact) mass is 485 g/mol. The highest BCUT2D eigenvalue weighted by atomic mass is 35.5. The minimum absolute atomic E-state index is 0.0504. The average molecular weight is 486 g/mol. The lowest BCUT2D eigenvalue weighted by Gasteiger charge is -2.38. The van der Waals surface area contributed by atoms with Crippen molar-refractivity contribution < 1.29 is 32.8 Å². The third kappa shape index (κ3) is 4.65. The van der Waals surface area contributed by atoms with Gasteiger partial charge in [0, 0.05) is 24.7 Å². The molecule has 0 aliphatic carbocycles. The molecule has 1 aromatic rings. The van der Waals surface area contributed by atoms with Crippen LogP contribution < -0.4 is 5.32 Å². The minimum Gasteiger partial charge on any atom is -0.579 e. The van der Waals surface area contributed by atoms with E-state index in [4.69, 9.17) is 32.5 Å². The molecule has 32 heavy (non-hydrogen) atoms. The molecule has 2 aliphatic rings. The number of Topliss-reactive ketones (excluding diaryl/α,β-unsaturated/α-hetero) is 1. The number of nitrogens with one attached hydrogen (secondary N) is 1. The van der Waals surface area contributed by atoms with Crippen molar-refractivity contribution in [3.05, 3.63) is 33.8 Å². The minimum atomic E-state index is -2.54. The predicted octanol–water partition coefficient (Wildman–Crippen LogP) is 3.48. The number of ketones is 1. The SMILES string of the molecule is CC(C)C[C@H](CC(=O)CNC(=O)c1cc(Cl)ccc1Cl)[B-]12OC(=O)[C@@H](C)[O+]1[C@H](C)C(=O)O2.